The van der Waals surface area contributed by atoms with Gasteiger partial charge in [0.15, 0.2) is 0 Å². The van der Waals surface area contributed by atoms with Crippen molar-refractivity contribution >= 4 is 15.9 Å². The molecule has 0 aliphatic heterocycles. The van der Waals surface area contributed by atoms with E-state index in [0.717, 1.165) is 17.3 Å². The van der Waals surface area contributed by atoms with Crippen molar-refractivity contribution in [3.8, 4) is 0 Å². The number of rotatable bonds is 2. The van der Waals surface area contributed by atoms with Gasteiger partial charge in [-0.2, -0.15) is 0 Å². The van der Waals surface area contributed by atoms with Crippen molar-refractivity contribution in [2.75, 3.05) is 0 Å². The Kier molecular flexibility index (Phi) is 3.42. The van der Waals surface area contributed by atoms with Gasteiger partial charge in [0.05, 0.1) is 6.10 Å². The second-order valence-electron chi connectivity index (χ2n) is 5.05. The molecule has 1 N–H and O–H groups in total. The third-order valence-electron chi connectivity index (χ3n) is 3.81. The molecular formula is C16H14BrFO. The molecule has 0 amide bonds. The first-order chi connectivity index (χ1) is 9.15. The molecule has 2 aromatic rings. The summed E-state index contributed by atoms with van der Waals surface area (Å²) in [5.74, 6) is -0.284. The van der Waals surface area contributed by atoms with Gasteiger partial charge in [0, 0.05) is 10.0 Å². The van der Waals surface area contributed by atoms with Gasteiger partial charge in [0.25, 0.3) is 0 Å². The lowest BCUT2D eigenvalue weighted by atomic mass is 9.93. The standard InChI is InChI=1S/C16H14BrFO/c17-13-5-6-15(18)14(9-13)16(19)12-7-10-3-1-2-4-11(10)8-12/h1-6,9,12,16,19H,7-8H2. The fourth-order valence-electron chi connectivity index (χ4n) is 2.81. The van der Waals surface area contributed by atoms with Crippen LogP contribution in [0.5, 0.6) is 0 Å². The molecule has 3 heteroatoms. The second-order valence-corrected chi connectivity index (χ2v) is 5.96. The molecule has 0 saturated carbocycles. The van der Waals surface area contributed by atoms with E-state index in [4.69, 9.17) is 0 Å². The van der Waals surface area contributed by atoms with Gasteiger partial charge in [0.1, 0.15) is 5.82 Å². The van der Waals surface area contributed by atoms with Crippen LogP contribution in [0.4, 0.5) is 4.39 Å². The van der Waals surface area contributed by atoms with E-state index in [9.17, 15) is 9.50 Å². The normalized spacial score (nSPS) is 16.4. The number of hydrogen-bond donors (Lipinski definition) is 1. The lowest BCUT2D eigenvalue weighted by Gasteiger charge is -2.19. The zero-order valence-electron chi connectivity index (χ0n) is 10.3. The van der Waals surface area contributed by atoms with Crippen LogP contribution in [0.3, 0.4) is 0 Å². The number of aliphatic hydroxyl groups is 1. The summed E-state index contributed by atoms with van der Waals surface area (Å²) < 4.78 is 14.6. The number of fused-ring (bicyclic) bond motifs is 1. The highest BCUT2D eigenvalue weighted by Gasteiger charge is 2.29. The Hall–Kier alpha value is -1.19. The SMILES string of the molecule is OC(c1cc(Br)ccc1F)C1Cc2ccccc2C1. The van der Waals surface area contributed by atoms with E-state index in [0.29, 0.717) is 5.56 Å². The van der Waals surface area contributed by atoms with Crippen LogP contribution in [-0.2, 0) is 12.8 Å². The molecule has 3 rings (SSSR count). The molecule has 0 radical (unpaired) electrons. The number of benzene rings is 2. The first-order valence-electron chi connectivity index (χ1n) is 6.35. The molecule has 0 saturated heterocycles. The number of hydrogen-bond acceptors (Lipinski definition) is 1. The molecule has 1 nitrogen and oxygen atoms in total. The smallest absolute Gasteiger partial charge is 0.129 e. The predicted octanol–water partition coefficient (Wildman–Crippen LogP) is 4.04. The zero-order valence-corrected chi connectivity index (χ0v) is 11.9. The summed E-state index contributed by atoms with van der Waals surface area (Å²) in [4.78, 5) is 0. The van der Waals surface area contributed by atoms with Crippen LogP contribution < -0.4 is 0 Å². The van der Waals surface area contributed by atoms with E-state index in [-0.39, 0.29) is 11.7 Å². The van der Waals surface area contributed by atoms with Gasteiger partial charge in [0.2, 0.25) is 0 Å². The van der Waals surface area contributed by atoms with Gasteiger partial charge in [-0.15, -0.1) is 0 Å². The Morgan fingerprint density at radius 1 is 1.11 bits per heavy atom. The molecule has 0 heterocycles. The average molecular weight is 321 g/mol. The maximum Gasteiger partial charge on any atom is 0.129 e. The number of halogens is 2. The Morgan fingerprint density at radius 2 is 1.74 bits per heavy atom. The fraction of sp³-hybridized carbons (Fsp3) is 0.250. The van der Waals surface area contributed by atoms with E-state index < -0.39 is 6.10 Å². The summed E-state index contributed by atoms with van der Waals surface area (Å²) in [6.45, 7) is 0. The molecule has 0 spiro atoms. The van der Waals surface area contributed by atoms with E-state index >= 15 is 0 Å². The van der Waals surface area contributed by atoms with Crippen molar-refractivity contribution in [3.63, 3.8) is 0 Å². The molecule has 98 valence electrons. The van der Waals surface area contributed by atoms with Crippen LogP contribution in [0.1, 0.15) is 22.8 Å². The molecule has 1 atom stereocenters. The minimum Gasteiger partial charge on any atom is -0.388 e. The Balaban J connectivity index is 1.87. The molecule has 0 aromatic heterocycles. The van der Waals surface area contributed by atoms with Gasteiger partial charge < -0.3 is 5.11 Å². The third kappa shape index (κ3) is 2.45. The minimum atomic E-state index is -0.759. The molecule has 1 aliphatic rings. The molecule has 2 aromatic carbocycles. The van der Waals surface area contributed by atoms with Gasteiger partial charge in [-0.25, -0.2) is 4.39 Å². The first-order valence-corrected chi connectivity index (χ1v) is 7.14. The first kappa shape index (κ1) is 12.8. The second kappa shape index (κ2) is 5.06. The van der Waals surface area contributed by atoms with Crippen molar-refractivity contribution in [1.29, 1.82) is 0 Å². The van der Waals surface area contributed by atoms with Crippen LogP contribution in [-0.4, -0.2) is 5.11 Å². The highest BCUT2D eigenvalue weighted by molar-refractivity contribution is 9.10. The molecule has 0 bridgehead atoms. The van der Waals surface area contributed by atoms with Crippen LogP contribution in [0.2, 0.25) is 0 Å². The summed E-state index contributed by atoms with van der Waals surface area (Å²) in [7, 11) is 0. The van der Waals surface area contributed by atoms with E-state index in [1.54, 1.807) is 12.1 Å². The van der Waals surface area contributed by atoms with Crippen LogP contribution in [0, 0.1) is 11.7 Å². The maximum atomic E-state index is 13.8. The molecule has 0 fully saturated rings. The van der Waals surface area contributed by atoms with Crippen LogP contribution in [0.25, 0.3) is 0 Å². The van der Waals surface area contributed by atoms with Crippen molar-refractivity contribution in [2.45, 2.75) is 18.9 Å². The zero-order chi connectivity index (χ0) is 13.4. The number of aliphatic hydroxyl groups excluding tert-OH is 1. The Bertz CT molecular complexity index is 586. The van der Waals surface area contributed by atoms with Gasteiger partial charge in [-0.1, -0.05) is 40.2 Å². The molecule has 1 aliphatic carbocycles. The van der Waals surface area contributed by atoms with Crippen molar-refractivity contribution < 1.29 is 9.50 Å². The molecule has 1 unspecified atom stereocenters. The van der Waals surface area contributed by atoms with Gasteiger partial charge in [-0.05, 0) is 48.1 Å². The Labute approximate surface area is 120 Å². The monoisotopic (exact) mass is 320 g/mol. The largest absolute Gasteiger partial charge is 0.388 e. The third-order valence-corrected chi connectivity index (χ3v) is 4.30. The molecular weight excluding hydrogens is 307 g/mol. The highest BCUT2D eigenvalue weighted by Crippen LogP contribution is 2.36. The van der Waals surface area contributed by atoms with Crippen molar-refractivity contribution in [2.24, 2.45) is 5.92 Å². The summed E-state index contributed by atoms with van der Waals surface area (Å²) >= 11 is 3.32. The van der Waals surface area contributed by atoms with Gasteiger partial charge in [-0.3, -0.25) is 0 Å². The lowest BCUT2D eigenvalue weighted by Crippen LogP contribution is -2.14. The summed E-state index contributed by atoms with van der Waals surface area (Å²) in [6, 6.07) is 12.9. The van der Waals surface area contributed by atoms with Gasteiger partial charge >= 0.3 is 0 Å². The maximum absolute atomic E-state index is 13.8. The highest BCUT2D eigenvalue weighted by atomic mass is 79.9. The minimum absolute atomic E-state index is 0.0567. The fourth-order valence-corrected chi connectivity index (χ4v) is 3.19. The van der Waals surface area contributed by atoms with E-state index in [1.807, 2.05) is 12.1 Å². The summed E-state index contributed by atoms with van der Waals surface area (Å²) in [5.41, 5.74) is 2.91. The average Bonchev–Trinajstić information content (AvgIpc) is 2.84. The van der Waals surface area contributed by atoms with Crippen LogP contribution >= 0.6 is 15.9 Å². The quantitative estimate of drug-likeness (QED) is 0.885. The topological polar surface area (TPSA) is 20.2 Å². The predicted molar refractivity (Wildman–Crippen MR) is 76.4 cm³/mol. The molecule has 19 heavy (non-hydrogen) atoms. The summed E-state index contributed by atoms with van der Waals surface area (Å²) in [6.07, 6.45) is 0.858. The lowest BCUT2D eigenvalue weighted by molar-refractivity contribution is 0.109. The van der Waals surface area contributed by atoms with Crippen LogP contribution in [0.15, 0.2) is 46.9 Å². The van der Waals surface area contributed by atoms with E-state index in [1.165, 1.54) is 17.2 Å². The van der Waals surface area contributed by atoms with E-state index in [2.05, 4.69) is 28.1 Å². The Morgan fingerprint density at radius 3 is 2.37 bits per heavy atom. The van der Waals surface area contributed by atoms with Crippen molar-refractivity contribution in [3.05, 3.63) is 69.4 Å². The van der Waals surface area contributed by atoms with Crippen molar-refractivity contribution in [1.82, 2.24) is 0 Å². The summed E-state index contributed by atoms with van der Waals surface area (Å²) in [5, 5.41) is 10.4.